The van der Waals surface area contributed by atoms with Gasteiger partial charge in [-0.3, -0.25) is 4.90 Å². The van der Waals surface area contributed by atoms with Crippen molar-refractivity contribution in [3.05, 3.63) is 52.4 Å². The van der Waals surface area contributed by atoms with Crippen molar-refractivity contribution < 1.29 is 4.42 Å². The Hall–Kier alpha value is -1.26. The summed E-state index contributed by atoms with van der Waals surface area (Å²) in [5.41, 5.74) is 7.81. The topological polar surface area (TPSA) is 42.4 Å². The summed E-state index contributed by atoms with van der Waals surface area (Å²) in [7, 11) is 2.06. The smallest absolute Gasteiger partial charge is 0.117 e. The first-order valence-corrected chi connectivity index (χ1v) is 6.19. The molecule has 0 bridgehead atoms. The Morgan fingerprint density at radius 3 is 2.76 bits per heavy atom. The molecule has 0 saturated carbocycles. The molecule has 0 atom stereocenters. The number of hydrogen-bond donors (Lipinski definition) is 1. The maximum Gasteiger partial charge on any atom is 0.117 e. The second kappa shape index (κ2) is 5.38. The van der Waals surface area contributed by atoms with E-state index in [0.29, 0.717) is 0 Å². The van der Waals surface area contributed by atoms with Crippen LogP contribution >= 0.6 is 15.9 Å². The number of rotatable bonds is 4. The van der Waals surface area contributed by atoms with Gasteiger partial charge in [0, 0.05) is 16.7 Å². The monoisotopic (exact) mass is 294 g/mol. The van der Waals surface area contributed by atoms with Crippen molar-refractivity contribution in [1.29, 1.82) is 0 Å². The third kappa shape index (κ3) is 3.35. The molecule has 3 nitrogen and oxygen atoms in total. The van der Waals surface area contributed by atoms with Gasteiger partial charge in [0.05, 0.1) is 12.8 Å². The zero-order valence-corrected chi connectivity index (χ0v) is 11.3. The Labute approximate surface area is 109 Å². The molecule has 0 fully saturated rings. The quantitative estimate of drug-likeness (QED) is 0.880. The van der Waals surface area contributed by atoms with Gasteiger partial charge < -0.3 is 10.2 Å². The van der Waals surface area contributed by atoms with E-state index < -0.39 is 0 Å². The summed E-state index contributed by atoms with van der Waals surface area (Å²) in [6, 6.07) is 9.92. The summed E-state index contributed by atoms with van der Waals surface area (Å²) in [5, 5.41) is 0. The van der Waals surface area contributed by atoms with Gasteiger partial charge in [-0.15, -0.1) is 0 Å². The molecule has 2 aromatic rings. The number of nitrogens with two attached hydrogens (primary N) is 1. The molecule has 0 aliphatic carbocycles. The van der Waals surface area contributed by atoms with Gasteiger partial charge >= 0.3 is 0 Å². The van der Waals surface area contributed by atoms with Gasteiger partial charge in [-0.2, -0.15) is 0 Å². The van der Waals surface area contributed by atoms with E-state index in [1.54, 1.807) is 6.26 Å². The highest BCUT2D eigenvalue weighted by atomic mass is 79.9. The van der Waals surface area contributed by atoms with Crippen LogP contribution in [0.4, 0.5) is 5.69 Å². The van der Waals surface area contributed by atoms with E-state index >= 15 is 0 Å². The normalized spacial score (nSPS) is 11.0. The van der Waals surface area contributed by atoms with Crippen LogP contribution in [0, 0.1) is 0 Å². The lowest BCUT2D eigenvalue weighted by Crippen LogP contribution is -2.16. The summed E-state index contributed by atoms with van der Waals surface area (Å²) in [4.78, 5) is 2.18. The van der Waals surface area contributed by atoms with E-state index in [2.05, 4.69) is 33.9 Å². The van der Waals surface area contributed by atoms with Crippen LogP contribution in [0.1, 0.15) is 11.3 Å². The molecule has 1 aromatic carbocycles. The summed E-state index contributed by atoms with van der Waals surface area (Å²) in [5.74, 6) is 0.970. The molecular formula is C13H15BrN2O. The SMILES string of the molecule is CN(Cc1ccc(Br)c(N)c1)Cc1ccco1. The number of hydrogen-bond acceptors (Lipinski definition) is 3. The van der Waals surface area contributed by atoms with Crippen LogP contribution < -0.4 is 5.73 Å². The number of nitrogen functional groups attached to an aromatic ring is 1. The van der Waals surface area contributed by atoms with Gasteiger partial charge in [-0.25, -0.2) is 0 Å². The summed E-state index contributed by atoms with van der Waals surface area (Å²) < 4.78 is 6.25. The molecular weight excluding hydrogens is 280 g/mol. The molecule has 0 spiro atoms. The van der Waals surface area contributed by atoms with E-state index in [4.69, 9.17) is 10.2 Å². The van der Waals surface area contributed by atoms with Crippen molar-refractivity contribution in [3.63, 3.8) is 0 Å². The van der Waals surface area contributed by atoms with Crippen LogP contribution in [0.5, 0.6) is 0 Å². The second-order valence-electron chi connectivity index (χ2n) is 4.11. The standard InChI is InChI=1S/C13H15BrN2O/c1-16(9-11-3-2-6-17-11)8-10-4-5-12(14)13(15)7-10/h2-7H,8-9,15H2,1H3. The first-order chi connectivity index (χ1) is 8.15. The fourth-order valence-electron chi connectivity index (χ4n) is 1.73. The molecule has 0 saturated heterocycles. The van der Waals surface area contributed by atoms with E-state index in [0.717, 1.165) is 29.0 Å². The average molecular weight is 295 g/mol. The first-order valence-electron chi connectivity index (χ1n) is 5.40. The average Bonchev–Trinajstić information content (AvgIpc) is 2.76. The predicted molar refractivity (Wildman–Crippen MR) is 72.4 cm³/mol. The zero-order chi connectivity index (χ0) is 12.3. The van der Waals surface area contributed by atoms with Crippen LogP contribution in [-0.2, 0) is 13.1 Å². The van der Waals surface area contributed by atoms with Crippen LogP contribution in [0.15, 0.2) is 45.5 Å². The molecule has 0 amide bonds. The van der Waals surface area contributed by atoms with Gasteiger partial charge in [0.1, 0.15) is 5.76 Å². The number of anilines is 1. The fourth-order valence-corrected chi connectivity index (χ4v) is 1.97. The molecule has 17 heavy (non-hydrogen) atoms. The second-order valence-corrected chi connectivity index (χ2v) is 4.96. The van der Waals surface area contributed by atoms with Crippen molar-refractivity contribution in [2.45, 2.75) is 13.1 Å². The van der Waals surface area contributed by atoms with Gasteiger partial charge in [0.2, 0.25) is 0 Å². The molecule has 0 unspecified atom stereocenters. The highest BCUT2D eigenvalue weighted by molar-refractivity contribution is 9.10. The van der Waals surface area contributed by atoms with E-state index in [1.807, 2.05) is 24.3 Å². The zero-order valence-electron chi connectivity index (χ0n) is 9.69. The number of furan rings is 1. The lowest BCUT2D eigenvalue weighted by Gasteiger charge is -2.15. The number of nitrogens with zero attached hydrogens (tertiary/aromatic N) is 1. The maximum atomic E-state index is 5.85. The molecule has 2 rings (SSSR count). The molecule has 0 aliphatic rings. The van der Waals surface area contributed by atoms with Gasteiger partial charge in [-0.1, -0.05) is 6.07 Å². The molecule has 1 aromatic heterocycles. The first kappa shape index (κ1) is 12.2. The van der Waals surface area contributed by atoms with Gasteiger partial charge in [0.15, 0.2) is 0 Å². The van der Waals surface area contributed by atoms with Crippen molar-refractivity contribution in [1.82, 2.24) is 4.90 Å². The van der Waals surface area contributed by atoms with Crippen LogP contribution in [0.3, 0.4) is 0 Å². The largest absolute Gasteiger partial charge is 0.468 e. The van der Waals surface area contributed by atoms with Crippen molar-refractivity contribution >= 4 is 21.6 Å². The van der Waals surface area contributed by atoms with E-state index in [1.165, 1.54) is 5.56 Å². The number of halogens is 1. The van der Waals surface area contributed by atoms with Crippen LogP contribution in [0.2, 0.25) is 0 Å². The Bertz CT molecular complexity index is 482. The maximum absolute atomic E-state index is 5.85. The predicted octanol–water partition coefficient (Wildman–Crippen LogP) is 3.26. The molecule has 1 heterocycles. The Morgan fingerprint density at radius 1 is 1.29 bits per heavy atom. The molecule has 0 aliphatic heterocycles. The van der Waals surface area contributed by atoms with E-state index in [9.17, 15) is 0 Å². The van der Waals surface area contributed by atoms with Crippen LogP contribution in [-0.4, -0.2) is 11.9 Å². The fraction of sp³-hybridized carbons (Fsp3) is 0.231. The van der Waals surface area contributed by atoms with Crippen molar-refractivity contribution in [3.8, 4) is 0 Å². The minimum absolute atomic E-state index is 0.772. The number of benzene rings is 1. The minimum atomic E-state index is 0.772. The van der Waals surface area contributed by atoms with Gasteiger partial charge in [0.25, 0.3) is 0 Å². The molecule has 2 N–H and O–H groups in total. The highest BCUT2D eigenvalue weighted by Crippen LogP contribution is 2.21. The Balaban J connectivity index is 1.98. The molecule has 0 radical (unpaired) electrons. The summed E-state index contributed by atoms with van der Waals surface area (Å²) in [6.07, 6.45) is 1.70. The Morgan fingerprint density at radius 2 is 2.12 bits per heavy atom. The third-order valence-corrected chi connectivity index (χ3v) is 3.24. The lowest BCUT2D eigenvalue weighted by atomic mass is 10.2. The third-order valence-electron chi connectivity index (χ3n) is 2.52. The van der Waals surface area contributed by atoms with Crippen LogP contribution in [0.25, 0.3) is 0 Å². The molecule has 4 heteroatoms. The van der Waals surface area contributed by atoms with Crippen molar-refractivity contribution in [2.75, 3.05) is 12.8 Å². The van der Waals surface area contributed by atoms with Crippen molar-refractivity contribution in [2.24, 2.45) is 0 Å². The summed E-state index contributed by atoms with van der Waals surface area (Å²) in [6.45, 7) is 1.64. The highest BCUT2D eigenvalue weighted by Gasteiger charge is 2.05. The Kier molecular flexibility index (Phi) is 3.86. The lowest BCUT2D eigenvalue weighted by molar-refractivity contribution is 0.288. The molecule has 90 valence electrons. The summed E-state index contributed by atoms with van der Waals surface area (Å²) >= 11 is 3.39. The van der Waals surface area contributed by atoms with E-state index in [-0.39, 0.29) is 0 Å². The van der Waals surface area contributed by atoms with Gasteiger partial charge in [-0.05, 0) is 52.8 Å². The minimum Gasteiger partial charge on any atom is -0.468 e.